The van der Waals surface area contributed by atoms with E-state index in [1.54, 1.807) is 6.92 Å². The van der Waals surface area contributed by atoms with Crippen LogP contribution in [0.1, 0.15) is 24.5 Å². The van der Waals surface area contributed by atoms with Gasteiger partial charge in [-0.05, 0) is 44.0 Å². The van der Waals surface area contributed by atoms with Gasteiger partial charge in [0.1, 0.15) is 12.3 Å². The first-order valence-corrected chi connectivity index (χ1v) is 5.59. The molecule has 0 amide bonds. The number of esters is 1. The highest BCUT2D eigenvalue weighted by atomic mass is 16.5. The fourth-order valence-corrected chi connectivity index (χ4v) is 1.36. The van der Waals surface area contributed by atoms with E-state index in [2.05, 4.69) is 4.99 Å². The highest BCUT2D eigenvalue weighted by Crippen LogP contribution is 2.17. The van der Waals surface area contributed by atoms with Gasteiger partial charge in [0.2, 0.25) is 0 Å². The number of hydrogen-bond donors (Lipinski definition) is 1. The van der Waals surface area contributed by atoms with Gasteiger partial charge in [0.15, 0.2) is 0 Å². The fourth-order valence-electron chi connectivity index (χ4n) is 1.36. The van der Waals surface area contributed by atoms with Crippen molar-refractivity contribution >= 4 is 17.5 Å². The standard InChI is InChI=1S/C13H18N2O2/c1-4-17-13(16)8-12(14)15-11-6-5-9(2)10(3)7-11/h5-7H,4,8H2,1-3H3,(H2,14,15). The first kappa shape index (κ1) is 13.2. The van der Waals surface area contributed by atoms with Crippen molar-refractivity contribution in [3.63, 3.8) is 0 Å². The van der Waals surface area contributed by atoms with Gasteiger partial charge >= 0.3 is 5.97 Å². The quantitative estimate of drug-likeness (QED) is 0.493. The Morgan fingerprint density at radius 1 is 1.35 bits per heavy atom. The Morgan fingerprint density at radius 3 is 2.65 bits per heavy atom. The zero-order valence-electron chi connectivity index (χ0n) is 10.5. The molecule has 0 fully saturated rings. The molecule has 4 nitrogen and oxygen atoms in total. The second kappa shape index (κ2) is 6.03. The van der Waals surface area contributed by atoms with Crippen molar-refractivity contribution in [1.29, 1.82) is 0 Å². The van der Waals surface area contributed by atoms with E-state index in [1.165, 1.54) is 5.56 Å². The molecule has 0 aliphatic rings. The Balaban J connectivity index is 2.73. The van der Waals surface area contributed by atoms with E-state index in [-0.39, 0.29) is 18.2 Å². The molecular weight excluding hydrogens is 216 g/mol. The molecule has 0 aliphatic heterocycles. The summed E-state index contributed by atoms with van der Waals surface area (Å²) < 4.78 is 4.79. The van der Waals surface area contributed by atoms with Crippen LogP contribution >= 0.6 is 0 Å². The minimum atomic E-state index is -0.349. The smallest absolute Gasteiger partial charge is 0.313 e. The monoisotopic (exact) mass is 234 g/mol. The van der Waals surface area contributed by atoms with Gasteiger partial charge in [0.25, 0.3) is 0 Å². The number of hydrogen-bond acceptors (Lipinski definition) is 3. The molecule has 0 heterocycles. The number of ether oxygens (including phenoxy) is 1. The normalized spacial score (nSPS) is 11.4. The van der Waals surface area contributed by atoms with Crippen LogP contribution in [0.15, 0.2) is 23.2 Å². The van der Waals surface area contributed by atoms with Crippen LogP contribution in [0, 0.1) is 13.8 Å². The molecule has 0 unspecified atom stereocenters. The minimum Gasteiger partial charge on any atom is -0.466 e. The summed E-state index contributed by atoms with van der Waals surface area (Å²) in [6, 6.07) is 5.79. The molecule has 2 N–H and O–H groups in total. The van der Waals surface area contributed by atoms with Crippen LogP contribution in [0.3, 0.4) is 0 Å². The second-order valence-corrected chi connectivity index (χ2v) is 3.85. The summed E-state index contributed by atoms with van der Waals surface area (Å²) >= 11 is 0. The van der Waals surface area contributed by atoms with E-state index in [0.717, 1.165) is 11.3 Å². The first-order valence-electron chi connectivity index (χ1n) is 5.59. The van der Waals surface area contributed by atoms with Crippen molar-refractivity contribution < 1.29 is 9.53 Å². The molecule has 0 spiro atoms. The third kappa shape index (κ3) is 4.26. The molecule has 0 saturated heterocycles. The van der Waals surface area contributed by atoms with Crippen LogP contribution in [-0.4, -0.2) is 18.4 Å². The summed E-state index contributed by atoms with van der Waals surface area (Å²) in [4.78, 5) is 15.4. The molecule has 1 rings (SSSR count). The van der Waals surface area contributed by atoms with Gasteiger partial charge in [0.05, 0.1) is 12.3 Å². The molecule has 0 atom stereocenters. The molecule has 1 aromatic carbocycles. The van der Waals surface area contributed by atoms with E-state index < -0.39 is 0 Å². The lowest BCUT2D eigenvalue weighted by Gasteiger charge is -2.03. The Bertz CT molecular complexity index is 439. The number of carbonyl (C=O) groups excluding carboxylic acids is 1. The van der Waals surface area contributed by atoms with Crippen LogP contribution in [0.25, 0.3) is 0 Å². The summed E-state index contributed by atoms with van der Waals surface area (Å²) in [6.07, 6.45) is 0.0285. The van der Waals surface area contributed by atoms with Gasteiger partial charge in [-0.1, -0.05) is 6.07 Å². The molecule has 92 valence electrons. The lowest BCUT2D eigenvalue weighted by atomic mass is 10.1. The van der Waals surface area contributed by atoms with Crippen molar-refractivity contribution in [1.82, 2.24) is 0 Å². The summed E-state index contributed by atoms with van der Waals surface area (Å²) in [7, 11) is 0. The third-order valence-electron chi connectivity index (χ3n) is 2.39. The number of nitrogens with zero attached hydrogens (tertiary/aromatic N) is 1. The largest absolute Gasteiger partial charge is 0.466 e. The van der Waals surface area contributed by atoms with Gasteiger partial charge in [-0.3, -0.25) is 4.79 Å². The summed E-state index contributed by atoms with van der Waals surface area (Å²) in [5, 5.41) is 0. The maximum atomic E-state index is 11.2. The zero-order chi connectivity index (χ0) is 12.8. The lowest BCUT2D eigenvalue weighted by Crippen LogP contribution is -2.18. The molecule has 0 radical (unpaired) electrons. The van der Waals surface area contributed by atoms with Crippen molar-refractivity contribution in [3.8, 4) is 0 Å². The van der Waals surface area contributed by atoms with Crippen LogP contribution in [0.5, 0.6) is 0 Å². The van der Waals surface area contributed by atoms with Crippen LogP contribution < -0.4 is 5.73 Å². The van der Waals surface area contributed by atoms with Gasteiger partial charge in [-0.15, -0.1) is 0 Å². The van der Waals surface area contributed by atoms with Crippen molar-refractivity contribution in [2.75, 3.05) is 6.61 Å². The summed E-state index contributed by atoms with van der Waals surface area (Å²) in [6.45, 7) is 6.16. The maximum Gasteiger partial charge on any atom is 0.313 e. The van der Waals surface area contributed by atoms with Crippen LogP contribution in [-0.2, 0) is 9.53 Å². The highest BCUT2D eigenvalue weighted by Gasteiger charge is 2.05. The molecule has 4 heteroatoms. The molecule has 0 bridgehead atoms. The lowest BCUT2D eigenvalue weighted by molar-refractivity contribution is -0.141. The summed E-state index contributed by atoms with van der Waals surface area (Å²) in [5.41, 5.74) is 8.78. The van der Waals surface area contributed by atoms with Crippen LogP contribution in [0.4, 0.5) is 5.69 Å². The number of amidine groups is 1. The molecule has 17 heavy (non-hydrogen) atoms. The van der Waals surface area contributed by atoms with Gasteiger partial charge in [-0.2, -0.15) is 0 Å². The fraction of sp³-hybridized carbons (Fsp3) is 0.385. The SMILES string of the molecule is CCOC(=O)CC(N)=Nc1ccc(C)c(C)c1. The number of nitrogens with two attached hydrogens (primary N) is 1. The Morgan fingerprint density at radius 2 is 2.06 bits per heavy atom. The molecular formula is C13H18N2O2. The molecule has 1 aromatic rings. The van der Waals surface area contributed by atoms with Gasteiger partial charge < -0.3 is 10.5 Å². The van der Waals surface area contributed by atoms with Crippen molar-refractivity contribution in [2.45, 2.75) is 27.2 Å². The number of benzene rings is 1. The van der Waals surface area contributed by atoms with E-state index >= 15 is 0 Å². The Hall–Kier alpha value is -1.84. The zero-order valence-corrected chi connectivity index (χ0v) is 10.5. The van der Waals surface area contributed by atoms with Gasteiger partial charge in [-0.25, -0.2) is 4.99 Å². The average molecular weight is 234 g/mol. The maximum absolute atomic E-state index is 11.2. The van der Waals surface area contributed by atoms with Gasteiger partial charge in [0, 0.05) is 0 Å². The van der Waals surface area contributed by atoms with Crippen molar-refractivity contribution in [3.05, 3.63) is 29.3 Å². The predicted molar refractivity (Wildman–Crippen MR) is 68.4 cm³/mol. The minimum absolute atomic E-state index is 0.0285. The highest BCUT2D eigenvalue weighted by molar-refractivity contribution is 5.97. The number of aryl methyl sites for hydroxylation is 2. The Kier molecular flexibility index (Phi) is 4.69. The average Bonchev–Trinajstić information content (AvgIpc) is 2.23. The molecule has 0 aliphatic carbocycles. The molecule has 0 aromatic heterocycles. The van der Waals surface area contributed by atoms with E-state index in [0.29, 0.717) is 6.61 Å². The van der Waals surface area contributed by atoms with E-state index in [9.17, 15) is 4.79 Å². The topological polar surface area (TPSA) is 64.7 Å². The Labute approximate surface area is 101 Å². The number of aliphatic imine (C=N–C) groups is 1. The summed E-state index contributed by atoms with van der Waals surface area (Å²) in [5.74, 6) is -0.0794. The van der Waals surface area contributed by atoms with Crippen LogP contribution in [0.2, 0.25) is 0 Å². The van der Waals surface area contributed by atoms with E-state index in [4.69, 9.17) is 10.5 Å². The first-order chi connectivity index (χ1) is 8.02. The van der Waals surface area contributed by atoms with E-state index in [1.807, 2.05) is 32.0 Å². The second-order valence-electron chi connectivity index (χ2n) is 3.85. The number of rotatable bonds is 4. The van der Waals surface area contributed by atoms with Crippen molar-refractivity contribution in [2.24, 2.45) is 10.7 Å². The predicted octanol–water partition coefficient (Wildman–Crippen LogP) is 2.25. The number of carbonyl (C=O) groups is 1. The molecule has 0 saturated carbocycles. The third-order valence-corrected chi connectivity index (χ3v) is 2.39.